The molecule has 51 heavy (non-hydrogen) atoms. The van der Waals surface area contributed by atoms with Gasteiger partial charge in [0.2, 0.25) is 0 Å². The Morgan fingerprint density at radius 3 is 1.35 bits per heavy atom. The van der Waals surface area contributed by atoms with Crippen molar-refractivity contribution in [3.8, 4) is 0 Å². The van der Waals surface area contributed by atoms with Crippen LogP contribution in [-0.4, -0.2) is 15.5 Å². The van der Waals surface area contributed by atoms with Crippen molar-refractivity contribution in [3.05, 3.63) is 146 Å². The summed E-state index contributed by atoms with van der Waals surface area (Å²) < 4.78 is 4.66. The molecule has 0 saturated heterocycles. The van der Waals surface area contributed by atoms with Crippen LogP contribution >= 0.6 is 23.2 Å². The summed E-state index contributed by atoms with van der Waals surface area (Å²) in [5, 5.41) is 8.65. The van der Waals surface area contributed by atoms with Crippen LogP contribution < -0.4 is 24.8 Å². The Hall–Kier alpha value is -1.77. The van der Waals surface area contributed by atoms with Crippen LogP contribution in [0.25, 0.3) is 21.5 Å². The predicted octanol–water partition coefficient (Wildman–Crippen LogP) is 7.58. The van der Waals surface area contributed by atoms with Gasteiger partial charge in [-0.1, -0.05) is 116 Å². The SMILES string of the molecule is CC(C)(C)c1ccc2c(c1)[cH-]c1cc(C(C)(C)C)ccc12.CC1=[C-]C(C)C=C1[Si](C)(C)C.Clc1ccc([CH]=[Zr]=[CH]c2ccc(Cl)cc2)cc1.[Cl-].[Cl-]. The zero-order valence-electron chi connectivity index (χ0n) is 32.0. The standard InChI is InChI=1S/C21H25.C10H17Si.2C7H5Cl.2ClH.Zr/c1-20(2,3)16-7-9-18-14(12-16)11-15-13-17(21(4,5)6)8-10-19(15)18;1-8-6-9(2)10(7-8)11(3,4)5;2*1-6-2-4-7(8)5-3-6;;;/h7-13H,1-6H3;7-8H,1-5H3;2*1-5H;2*1H;/q2*-1;;;;;/p-2. The van der Waals surface area contributed by atoms with Crippen molar-refractivity contribution in [1.29, 1.82) is 0 Å². The normalized spacial score (nSPS) is 14.0. The molecule has 0 aliphatic heterocycles. The average molecular weight is 854 g/mol. The van der Waals surface area contributed by atoms with Crippen molar-refractivity contribution < 1.29 is 47.1 Å². The molecule has 0 aromatic heterocycles. The molecule has 0 radical (unpaired) electrons. The number of hydrogen-bond acceptors (Lipinski definition) is 0. The Labute approximate surface area is 342 Å². The Morgan fingerprint density at radius 1 is 0.667 bits per heavy atom. The van der Waals surface area contributed by atoms with E-state index in [0.717, 1.165) is 10.0 Å². The van der Waals surface area contributed by atoms with Crippen LogP contribution in [0, 0.1) is 12.0 Å². The van der Waals surface area contributed by atoms with Crippen LogP contribution in [0.2, 0.25) is 29.7 Å². The first-order chi connectivity index (χ1) is 22.8. The zero-order chi connectivity index (χ0) is 36.1. The minimum Gasteiger partial charge on any atom is -1.00 e. The van der Waals surface area contributed by atoms with Crippen LogP contribution in [0.5, 0.6) is 0 Å². The van der Waals surface area contributed by atoms with Gasteiger partial charge in [0.05, 0.1) is 0 Å². The fourth-order valence-corrected chi connectivity index (χ4v) is 10.3. The molecule has 0 heterocycles. The van der Waals surface area contributed by atoms with Gasteiger partial charge in [-0.25, -0.2) is 10.8 Å². The summed E-state index contributed by atoms with van der Waals surface area (Å²) in [6.07, 6.45) is 5.81. The summed E-state index contributed by atoms with van der Waals surface area (Å²) in [4.78, 5) is 0. The Balaban J connectivity index is 0.000000272. The minimum atomic E-state index is -1.07. The molecule has 0 nitrogen and oxygen atoms in total. The molecule has 0 amide bonds. The van der Waals surface area contributed by atoms with Crippen molar-refractivity contribution in [2.24, 2.45) is 5.92 Å². The first-order valence-corrected chi connectivity index (χ1v) is 24.3. The summed E-state index contributed by atoms with van der Waals surface area (Å²) in [6, 6.07) is 32.1. The van der Waals surface area contributed by atoms with Gasteiger partial charge in [-0.3, -0.25) is 6.08 Å². The van der Waals surface area contributed by atoms with E-state index in [1.54, 1.807) is 5.20 Å². The van der Waals surface area contributed by atoms with Gasteiger partial charge in [-0.05, 0) is 18.9 Å². The Bertz CT molecular complexity index is 1900. The van der Waals surface area contributed by atoms with Crippen LogP contribution in [0.15, 0.2) is 108 Å². The molecule has 6 heteroatoms. The maximum atomic E-state index is 5.84. The number of hydrogen-bond donors (Lipinski definition) is 0. The van der Waals surface area contributed by atoms with Gasteiger partial charge in [-0.2, -0.15) is 6.08 Å². The first kappa shape index (κ1) is 45.4. The minimum absolute atomic E-state index is 0. The molecule has 1 aliphatic rings. The molecule has 6 rings (SSSR count). The molecule has 0 spiro atoms. The largest absolute Gasteiger partial charge is 1.00 e. The maximum absolute atomic E-state index is 5.84. The van der Waals surface area contributed by atoms with Gasteiger partial charge in [0.25, 0.3) is 0 Å². The Morgan fingerprint density at radius 2 is 1.06 bits per heavy atom. The van der Waals surface area contributed by atoms with Crippen molar-refractivity contribution in [2.45, 2.75) is 85.9 Å². The second-order valence-electron chi connectivity index (χ2n) is 16.2. The van der Waals surface area contributed by atoms with Gasteiger partial charge < -0.3 is 24.8 Å². The number of benzene rings is 4. The van der Waals surface area contributed by atoms with E-state index < -0.39 is 30.3 Å². The van der Waals surface area contributed by atoms with Gasteiger partial charge in [-0.15, -0.1) is 39.7 Å². The van der Waals surface area contributed by atoms with Crippen molar-refractivity contribution in [2.75, 3.05) is 0 Å². The topological polar surface area (TPSA) is 0 Å². The summed E-state index contributed by atoms with van der Waals surface area (Å²) >= 11 is 11.0. The third-order valence-corrected chi connectivity index (χ3v) is 13.9. The van der Waals surface area contributed by atoms with E-state index in [1.165, 1.54) is 49.4 Å². The third-order valence-electron chi connectivity index (χ3n) is 8.75. The van der Waals surface area contributed by atoms with E-state index in [-0.39, 0.29) is 35.6 Å². The smallest absolute Gasteiger partial charge is 1.00 e. The molecule has 0 saturated carbocycles. The van der Waals surface area contributed by atoms with Crippen LogP contribution in [0.3, 0.4) is 0 Å². The second-order valence-corrected chi connectivity index (χ2v) is 24.3. The molecular formula is C45H52Cl4SiZr-4. The second kappa shape index (κ2) is 19.0. The van der Waals surface area contributed by atoms with E-state index in [1.807, 2.05) is 24.3 Å². The molecule has 1 unspecified atom stereocenters. The van der Waals surface area contributed by atoms with E-state index in [0.29, 0.717) is 5.92 Å². The van der Waals surface area contributed by atoms with Crippen LogP contribution in [0.4, 0.5) is 0 Å². The van der Waals surface area contributed by atoms with E-state index in [2.05, 4.69) is 161 Å². The zero-order valence-corrected chi connectivity index (χ0v) is 38.5. The van der Waals surface area contributed by atoms with Gasteiger partial charge in [0.1, 0.15) is 0 Å². The van der Waals surface area contributed by atoms with E-state index >= 15 is 0 Å². The molecule has 0 bridgehead atoms. The first-order valence-electron chi connectivity index (χ1n) is 17.2. The summed E-state index contributed by atoms with van der Waals surface area (Å²) in [5.41, 5.74) is 7.12. The molecule has 0 N–H and O–H groups in total. The van der Waals surface area contributed by atoms with Gasteiger partial charge in [0.15, 0.2) is 0 Å². The summed E-state index contributed by atoms with van der Waals surface area (Å²) in [5.74, 6) is 0.553. The average Bonchev–Trinajstić information content (AvgIpc) is 3.56. The van der Waals surface area contributed by atoms with Crippen molar-refractivity contribution >= 4 is 60.2 Å². The van der Waals surface area contributed by atoms with Crippen molar-refractivity contribution in [3.63, 3.8) is 0 Å². The van der Waals surface area contributed by atoms with Gasteiger partial charge >= 0.3 is 123 Å². The molecular weight excluding hydrogens is 802 g/mol. The molecule has 1 aliphatic carbocycles. The summed E-state index contributed by atoms with van der Waals surface area (Å²) in [6.45, 7) is 25.2. The van der Waals surface area contributed by atoms with E-state index in [4.69, 9.17) is 23.2 Å². The number of allylic oxidation sites excluding steroid dienone is 4. The maximum Gasteiger partial charge on any atom is -1.00 e. The molecule has 5 aromatic rings. The number of rotatable bonds is 3. The molecule has 5 aromatic carbocycles. The van der Waals surface area contributed by atoms with Crippen molar-refractivity contribution in [1.82, 2.24) is 0 Å². The Kier molecular flexibility index (Phi) is 16.9. The fourth-order valence-electron chi connectivity index (χ4n) is 5.96. The quantitative estimate of drug-likeness (QED) is 0.130. The summed E-state index contributed by atoms with van der Waals surface area (Å²) in [7, 11) is -1.07. The molecule has 1 atom stereocenters. The predicted molar refractivity (Wildman–Crippen MR) is 221 cm³/mol. The monoisotopic (exact) mass is 850 g/mol. The van der Waals surface area contributed by atoms with E-state index in [9.17, 15) is 0 Å². The number of fused-ring (bicyclic) bond motifs is 3. The third kappa shape index (κ3) is 13.2. The molecule has 272 valence electrons. The molecule has 0 fully saturated rings. The van der Waals surface area contributed by atoms with Crippen LogP contribution in [0.1, 0.15) is 77.6 Å². The van der Waals surface area contributed by atoms with Gasteiger partial charge in [0, 0.05) is 0 Å². The van der Waals surface area contributed by atoms with Crippen LogP contribution in [-0.2, 0) is 33.1 Å². The fraction of sp³-hybridized carbons (Fsp3) is 0.311. The number of halogens is 4.